The van der Waals surface area contributed by atoms with Gasteiger partial charge in [0.1, 0.15) is 28.2 Å². The van der Waals surface area contributed by atoms with Crippen molar-refractivity contribution in [2.24, 2.45) is 0 Å². The molecule has 0 radical (unpaired) electrons. The molecule has 0 bridgehead atoms. The molecule has 0 atom stereocenters. The number of aromatic nitrogens is 4. The lowest BCUT2D eigenvalue weighted by Gasteiger charge is -2.06. The zero-order valence-electron chi connectivity index (χ0n) is 14.7. The first-order chi connectivity index (χ1) is 12.6. The summed E-state index contributed by atoms with van der Waals surface area (Å²) in [4.78, 5) is 13.0. The van der Waals surface area contributed by atoms with Crippen LogP contribution in [0.5, 0.6) is 5.75 Å². The number of para-hydroxylation sites is 1. The van der Waals surface area contributed by atoms with Gasteiger partial charge < -0.3 is 9.26 Å². The highest BCUT2D eigenvalue weighted by molar-refractivity contribution is 7.98. The molecule has 8 heteroatoms. The summed E-state index contributed by atoms with van der Waals surface area (Å²) in [5.74, 6) is 2.67. The van der Waals surface area contributed by atoms with Crippen molar-refractivity contribution in [2.45, 2.75) is 31.6 Å². The number of aryl methyl sites for hydroxylation is 2. The fraction of sp³-hybridized carbons (Fsp3) is 0.278. The first-order valence-electron chi connectivity index (χ1n) is 8.05. The number of nitrogens with zero attached hydrogens (tertiary/aromatic N) is 5. The van der Waals surface area contributed by atoms with E-state index in [1.807, 2.05) is 31.2 Å². The maximum Gasteiger partial charge on any atom is 0.237 e. The van der Waals surface area contributed by atoms with Crippen LogP contribution in [0.15, 0.2) is 33.8 Å². The Balaban J connectivity index is 1.80. The molecule has 2 heterocycles. The maximum atomic E-state index is 9.31. The van der Waals surface area contributed by atoms with Crippen LogP contribution in [-0.4, -0.2) is 26.7 Å². The molecule has 7 nitrogen and oxygen atoms in total. The Labute approximate surface area is 155 Å². The van der Waals surface area contributed by atoms with Crippen molar-refractivity contribution in [3.63, 3.8) is 0 Å². The van der Waals surface area contributed by atoms with Crippen LogP contribution in [0.25, 0.3) is 11.4 Å². The number of ether oxygens (including phenoxy) is 1. The van der Waals surface area contributed by atoms with Crippen LogP contribution in [0.4, 0.5) is 0 Å². The number of rotatable bonds is 6. The van der Waals surface area contributed by atoms with E-state index < -0.39 is 0 Å². The third-order valence-corrected chi connectivity index (χ3v) is 4.47. The molecule has 132 valence electrons. The third kappa shape index (κ3) is 3.83. The van der Waals surface area contributed by atoms with Crippen molar-refractivity contribution in [2.75, 3.05) is 6.61 Å². The first kappa shape index (κ1) is 17.9. The second kappa shape index (κ2) is 7.97. The summed E-state index contributed by atoms with van der Waals surface area (Å²) >= 11 is 1.37. The molecule has 0 aliphatic rings. The Morgan fingerprint density at radius 2 is 2.00 bits per heavy atom. The van der Waals surface area contributed by atoms with E-state index in [0.29, 0.717) is 51.9 Å². The Morgan fingerprint density at radius 1 is 1.19 bits per heavy atom. The molecule has 0 aliphatic heterocycles. The summed E-state index contributed by atoms with van der Waals surface area (Å²) in [5.41, 5.74) is 1.92. The van der Waals surface area contributed by atoms with E-state index in [9.17, 15) is 5.26 Å². The number of nitriles is 1. The lowest BCUT2D eigenvalue weighted by molar-refractivity contribution is 0.341. The molecule has 26 heavy (non-hydrogen) atoms. The molecule has 0 unspecified atom stereocenters. The van der Waals surface area contributed by atoms with Crippen LogP contribution in [0.2, 0.25) is 0 Å². The van der Waals surface area contributed by atoms with E-state index in [-0.39, 0.29) is 0 Å². The van der Waals surface area contributed by atoms with E-state index in [2.05, 4.69) is 26.2 Å². The monoisotopic (exact) mass is 367 g/mol. The number of hydrogen-bond donors (Lipinski definition) is 0. The molecular formula is C18H17N5O2S. The minimum atomic E-state index is 0.411. The summed E-state index contributed by atoms with van der Waals surface area (Å²) in [6.45, 7) is 6.08. The van der Waals surface area contributed by atoms with Crippen LogP contribution >= 0.6 is 11.8 Å². The molecule has 0 spiro atoms. The van der Waals surface area contributed by atoms with Crippen molar-refractivity contribution in [1.82, 2.24) is 20.1 Å². The van der Waals surface area contributed by atoms with Crippen LogP contribution < -0.4 is 4.74 Å². The molecule has 0 fully saturated rings. The van der Waals surface area contributed by atoms with Crippen LogP contribution in [0.3, 0.4) is 0 Å². The molecule has 0 saturated carbocycles. The standard InChI is InChI=1S/C18H17N5O2S/c1-4-24-15-8-6-5-7-13(15)17-22-16(25-23-17)10-26-18-14(9-19)11(2)20-12(3)21-18/h5-8H,4,10H2,1-3H3. The molecule has 3 rings (SSSR count). The smallest absolute Gasteiger partial charge is 0.237 e. The highest BCUT2D eigenvalue weighted by Gasteiger charge is 2.15. The van der Waals surface area contributed by atoms with Gasteiger partial charge in [0.25, 0.3) is 0 Å². The number of thioether (sulfide) groups is 1. The average Bonchev–Trinajstić information content (AvgIpc) is 3.09. The number of benzene rings is 1. The SMILES string of the molecule is CCOc1ccccc1-c1noc(CSc2nc(C)nc(C)c2C#N)n1. The van der Waals surface area contributed by atoms with Crippen LogP contribution in [0.1, 0.15) is 29.9 Å². The van der Waals surface area contributed by atoms with E-state index in [0.717, 1.165) is 5.56 Å². The van der Waals surface area contributed by atoms with Crippen molar-refractivity contribution in [3.05, 3.63) is 47.2 Å². The van der Waals surface area contributed by atoms with E-state index in [1.54, 1.807) is 13.8 Å². The number of hydrogen-bond acceptors (Lipinski definition) is 8. The molecule has 0 N–H and O–H groups in total. The summed E-state index contributed by atoms with van der Waals surface area (Å²) in [6, 6.07) is 9.70. The highest BCUT2D eigenvalue weighted by atomic mass is 32.2. The first-order valence-corrected chi connectivity index (χ1v) is 9.03. The van der Waals surface area contributed by atoms with Gasteiger partial charge in [0.05, 0.1) is 23.6 Å². The van der Waals surface area contributed by atoms with Gasteiger partial charge in [-0.1, -0.05) is 29.1 Å². The average molecular weight is 367 g/mol. The zero-order chi connectivity index (χ0) is 18.5. The van der Waals surface area contributed by atoms with Gasteiger partial charge in [0.2, 0.25) is 11.7 Å². The Bertz CT molecular complexity index is 964. The third-order valence-electron chi connectivity index (χ3n) is 3.51. The molecule has 0 saturated heterocycles. The van der Waals surface area contributed by atoms with Crippen molar-refractivity contribution >= 4 is 11.8 Å². The van der Waals surface area contributed by atoms with Gasteiger partial charge in [-0.05, 0) is 32.9 Å². The normalized spacial score (nSPS) is 10.5. The molecule has 0 aliphatic carbocycles. The summed E-state index contributed by atoms with van der Waals surface area (Å²) in [6.07, 6.45) is 0. The minimum absolute atomic E-state index is 0.411. The molecule has 3 aromatic rings. The van der Waals surface area contributed by atoms with Gasteiger partial charge in [0, 0.05) is 0 Å². The molecular weight excluding hydrogens is 350 g/mol. The van der Waals surface area contributed by atoms with Crippen molar-refractivity contribution in [3.8, 4) is 23.2 Å². The largest absolute Gasteiger partial charge is 0.493 e. The minimum Gasteiger partial charge on any atom is -0.493 e. The summed E-state index contributed by atoms with van der Waals surface area (Å²) in [5, 5.41) is 14.0. The van der Waals surface area contributed by atoms with E-state index in [1.165, 1.54) is 11.8 Å². The predicted octanol–water partition coefficient (Wildman–Crippen LogP) is 3.71. The Morgan fingerprint density at radius 3 is 2.77 bits per heavy atom. The van der Waals surface area contributed by atoms with Crippen molar-refractivity contribution < 1.29 is 9.26 Å². The van der Waals surface area contributed by atoms with Crippen molar-refractivity contribution in [1.29, 1.82) is 5.26 Å². The van der Waals surface area contributed by atoms with Gasteiger partial charge in [-0.3, -0.25) is 0 Å². The molecule has 2 aromatic heterocycles. The van der Waals surface area contributed by atoms with Gasteiger partial charge in [-0.2, -0.15) is 10.2 Å². The Kier molecular flexibility index (Phi) is 5.49. The second-order valence-corrected chi connectivity index (χ2v) is 6.34. The summed E-state index contributed by atoms with van der Waals surface area (Å²) in [7, 11) is 0. The maximum absolute atomic E-state index is 9.31. The Hall–Kier alpha value is -2.92. The van der Waals surface area contributed by atoms with Gasteiger partial charge in [0.15, 0.2) is 0 Å². The fourth-order valence-corrected chi connectivity index (χ4v) is 3.31. The molecule has 0 amide bonds. The van der Waals surface area contributed by atoms with Gasteiger partial charge in [-0.15, -0.1) is 0 Å². The summed E-state index contributed by atoms with van der Waals surface area (Å²) < 4.78 is 11.0. The quantitative estimate of drug-likeness (QED) is 0.480. The lowest BCUT2D eigenvalue weighted by Crippen LogP contribution is -1.99. The zero-order valence-corrected chi connectivity index (χ0v) is 15.5. The van der Waals surface area contributed by atoms with Gasteiger partial charge in [-0.25, -0.2) is 9.97 Å². The van der Waals surface area contributed by atoms with Gasteiger partial charge >= 0.3 is 0 Å². The highest BCUT2D eigenvalue weighted by Crippen LogP contribution is 2.29. The lowest BCUT2D eigenvalue weighted by atomic mass is 10.2. The fourth-order valence-electron chi connectivity index (χ4n) is 2.40. The van der Waals surface area contributed by atoms with E-state index in [4.69, 9.17) is 9.26 Å². The van der Waals surface area contributed by atoms with Crippen LogP contribution in [-0.2, 0) is 5.75 Å². The second-order valence-electron chi connectivity index (χ2n) is 5.38. The predicted molar refractivity (Wildman–Crippen MR) is 96.7 cm³/mol. The molecule has 1 aromatic carbocycles. The topological polar surface area (TPSA) is 97.7 Å². The van der Waals surface area contributed by atoms with Crippen LogP contribution in [0, 0.1) is 25.2 Å². The van der Waals surface area contributed by atoms with E-state index >= 15 is 0 Å².